The van der Waals surface area contributed by atoms with E-state index >= 15 is 0 Å². The maximum atomic E-state index is 12.7. The van der Waals surface area contributed by atoms with Crippen molar-refractivity contribution in [2.75, 3.05) is 18.0 Å². The van der Waals surface area contributed by atoms with Crippen LogP contribution in [0.4, 0.5) is 11.4 Å². The summed E-state index contributed by atoms with van der Waals surface area (Å²) in [4.78, 5) is 12.8. The van der Waals surface area contributed by atoms with Gasteiger partial charge in [0.2, 0.25) is 5.36 Å². The van der Waals surface area contributed by atoms with Gasteiger partial charge in [-0.15, -0.1) is 0 Å². The quantitative estimate of drug-likeness (QED) is 0.0726. The summed E-state index contributed by atoms with van der Waals surface area (Å²) in [7, 11) is -13.7. The zero-order valence-corrected chi connectivity index (χ0v) is 37.1. The molecule has 14 nitrogen and oxygen atoms in total. The number of anilines is 2. The summed E-state index contributed by atoms with van der Waals surface area (Å²) in [6.45, 7) is 9.45. The number of hydrogen-bond acceptors (Lipinski definition) is 9. The molecule has 326 valence electrons. The molecule has 0 amide bonds. The maximum absolute atomic E-state index is 12.7. The van der Waals surface area contributed by atoms with E-state index in [-0.39, 0.29) is 20.2 Å². The lowest BCUT2D eigenvalue weighted by atomic mass is 9.80. The lowest BCUT2D eigenvalue weighted by Crippen LogP contribution is -2.30. The second kappa shape index (κ2) is 13.7. The lowest BCUT2D eigenvalue weighted by Gasteiger charge is -2.28. The summed E-state index contributed by atoms with van der Waals surface area (Å²) >= 11 is 0. The minimum atomic E-state index is -4.64. The Morgan fingerprint density at radius 2 is 1.27 bits per heavy atom. The third kappa shape index (κ3) is 6.56. The van der Waals surface area contributed by atoms with Gasteiger partial charge in [-0.3, -0.25) is 13.7 Å². The number of fused-ring (bicyclic) bond motifs is 13. The Bertz CT molecular complexity index is 3770. The Morgan fingerprint density at radius 3 is 1.91 bits per heavy atom. The molecule has 0 aromatic heterocycles. The van der Waals surface area contributed by atoms with Gasteiger partial charge in [-0.1, -0.05) is 38.1 Å². The molecule has 3 heterocycles. The number of ether oxygens (including phenoxy) is 1. The van der Waals surface area contributed by atoms with Crippen LogP contribution in [0.3, 0.4) is 0 Å². The summed E-state index contributed by atoms with van der Waals surface area (Å²) < 4.78 is 114. The Hall–Kier alpha value is -6.21. The number of carboxylic acid groups (broad SMARTS) is 1. The van der Waals surface area contributed by atoms with E-state index in [2.05, 4.69) is 32.3 Å². The van der Waals surface area contributed by atoms with Gasteiger partial charge in [0.1, 0.15) is 11.5 Å². The number of aromatic carboxylic acids is 1. The molecule has 0 unspecified atom stereocenters. The van der Waals surface area contributed by atoms with E-state index in [9.17, 15) is 48.8 Å². The monoisotopic (exact) mass is 919 g/mol. The van der Waals surface area contributed by atoms with Crippen LogP contribution >= 0.6 is 0 Å². The number of carbonyl (C=O) groups is 1. The average Bonchev–Trinajstić information content (AvgIpc) is 3.66. The molecule has 64 heavy (non-hydrogen) atoms. The Labute approximate surface area is 367 Å². The second-order valence-electron chi connectivity index (χ2n) is 17.9. The van der Waals surface area contributed by atoms with Gasteiger partial charge in [-0.05, 0) is 114 Å². The summed E-state index contributed by atoms with van der Waals surface area (Å²) in [5.41, 5.74) is 3.34. The van der Waals surface area contributed by atoms with Crippen molar-refractivity contribution in [3.63, 3.8) is 0 Å². The highest BCUT2D eigenvalue weighted by molar-refractivity contribution is 7.86. The predicted octanol–water partition coefficient (Wildman–Crippen LogP) is 6.93. The Kier molecular flexibility index (Phi) is 8.91. The van der Waals surface area contributed by atoms with Crippen LogP contribution in [-0.2, 0) is 47.7 Å². The topological polar surface area (TPSA) is 216 Å². The second-order valence-corrected chi connectivity index (χ2v) is 22.2. The van der Waals surface area contributed by atoms with E-state index in [1.165, 1.54) is 48.5 Å². The fourth-order valence-corrected chi connectivity index (χ4v) is 11.4. The molecule has 0 aliphatic carbocycles. The van der Waals surface area contributed by atoms with E-state index in [1.807, 2.05) is 23.1 Å². The smallest absolute Gasteiger partial charge is 0.335 e. The lowest BCUT2D eigenvalue weighted by molar-refractivity contribution is 0.0696. The van der Waals surface area contributed by atoms with Gasteiger partial charge in [-0.2, -0.15) is 25.3 Å². The Morgan fingerprint density at radius 1 is 0.656 bits per heavy atom. The number of carboxylic acids is 1. The fourth-order valence-electron chi connectivity index (χ4n) is 9.89. The van der Waals surface area contributed by atoms with Crippen molar-refractivity contribution in [3.8, 4) is 11.5 Å². The number of benzene rings is 7. The number of rotatable bonds is 7. The fraction of sp³-hybridized carbons (Fsp3) is 0.191. The maximum Gasteiger partial charge on any atom is 0.335 e. The molecule has 0 saturated carbocycles. The van der Waals surface area contributed by atoms with Gasteiger partial charge in [0.05, 0.1) is 42.3 Å². The minimum absolute atomic E-state index is 0.137. The highest BCUT2D eigenvalue weighted by Gasteiger charge is 2.46. The van der Waals surface area contributed by atoms with E-state index in [0.29, 0.717) is 79.9 Å². The molecule has 7 aromatic rings. The van der Waals surface area contributed by atoms with E-state index < -0.39 is 47.2 Å². The zero-order chi connectivity index (χ0) is 45.6. The van der Waals surface area contributed by atoms with Crippen LogP contribution in [-0.4, -0.2) is 63.1 Å². The molecule has 0 atom stereocenters. The van der Waals surface area contributed by atoms with E-state index in [1.54, 1.807) is 36.4 Å². The normalized spacial score (nSPS) is 16.3. The summed E-state index contributed by atoms with van der Waals surface area (Å²) in [6.07, 6.45) is 2.02. The summed E-state index contributed by atoms with van der Waals surface area (Å²) in [6, 6.07) is 25.0. The first-order valence-electron chi connectivity index (χ1n) is 20.0. The number of hydrogen-bond donors (Lipinski definition) is 4. The van der Waals surface area contributed by atoms with Crippen molar-refractivity contribution in [2.45, 2.75) is 59.8 Å². The third-order valence-electron chi connectivity index (χ3n) is 12.6. The molecular weight excluding hydrogens is 881 g/mol. The molecule has 0 saturated heterocycles. The van der Waals surface area contributed by atoms with Crippen LogP contribution in [0.25, 0.3) is 38.4 Å². The molecule has 4 N–H and O–H groups in total. The molecule has 0 radical (unpaired) electrons. The molecular formula is C47H39N2O12S3+. The van der Waals surface area contributed by atoms with E-state index in [0.717, 1.165) is 27.8 Å². The van der Waals surface area contributed by atoms with Crippen molar-refractivity contribution < 1.29 is 53.5 Å². The molecule has 0 spiro atoms. The first-order chi connectivity index (χ1) is 29.9. The van der Waals surface area contributed by atoms with E-state index in [4.69, 9.17) is 4.74 Å². The summed E-state index contributed by atoms with van der Waals surface area (Å²) in [5.74, 6) is 0.0548. The van der Waals surface area contributed by atoms with Gasteiger partial charge < -0.3 is 14.7 Å². The standard InChI is InChI=1S/C47H38N2O12S3/c1-46(2)23-48(22-25-5-7-26(8-6-25)45(50)51)41-36-20-32(64(58,59)60)15-16-33(36)37-21-38-34-18-27-9-12-31(63(55,56)57)17-28(27)19-35(34)42-40(44(38)61-43(37)39(41)46)47(3,4)24-49(42)29-10-13-30(14-11-29)62(52,53)54/h5-21H,22-24H2,1-4H3,(H3-,50,51,52,53,54,55,56,57,58,59,60)/p+1. The van der Waals surface area contributed by atoms with Gasteiger partial charge in [0, 0.05) is 44.9 Å². The average molecular weight is 920 g/mol. The molecule has 0 bridgehead atoms. The Balaban J connectivity index is 1.32. The zero-order valence-electron chi connectivity index (χ0n) is 34.6. The van der Waals surface area contributed by atoms with Gasteiger partial charge in [0.15, 0.2) is 13.1 Å². The molecule has 0 fully saturated rings. The molecule has 10 rings (SSSR count). The van der Waals surface area contributed by atoms with Crippen molar-refractivity contribution in [3.05, 3.63) is 135 Å². The van der Waals surface area contributed by atoms with Crippen LogP contribution < -0.4 is 24.8 Å². The van der Waals surface area contributed by atoms with Crippen LogP contribution in [0.2, 0.25) is 0 Å². The van der Waals surface area contributed by atoms with Crippen LogP contribution in [0, 0.1) is 0 Å². The summed E-state index contributed by atoms with van der Waals surface area (Å²) in [5, 5.41) is 14.7. The van der Waals surface area contributed by atoms with Crippen molar-refractivity contribution in [1.82, 2.24) is 4.58 Å². The highest BCUT2D eigenvalue weighted by atomic mass is 32.2. The number of nitrogens with zero attached hydrogens (tertiary/aromatic N) is 2. The molecule has 7 aromatic carbocycles. The third-order valence-corrected chi connectivity index (χ3v) is 15.2. The van der Waals surface area contributed by atoms with Crippen LogP contribution in [0.15, 0.2) is 112 Å². The van der Waals surface area contributed by atoms with Gasteiger partial charge >= 0.3 is 5.97 Å². The van der Waals surface area contributed by atoms with Crippen LogP contribution in [0.5, 0.6) is 11.5 Å². The molecule has 3 aliphatic heterocycles. The highest BCUT2D eigenvalue weighted by Crippen LogP contribution is 2.56. The minimum Gasteiger partial charge on any atom is -0.478 e. The van der Waals surface area contributed by atoms with Crippen molar-refractivity contribution in [2.24, 2.45) is 0 Å². The van der Waals surface area contributed by atoms with Crippen molar-refractivity contribution in [1.29, 1.82) is 0 Å². The SMILES string of the molecule is CC1(C)CN(c2ccc(S(=O)(=O)O)cc2)c2c1c1c(c3cc4ccc(S(=O)(=O)O)cc4cc23)C=c2c(c3c(c4cc(S(=O)(=O)O)ccc24)=[N+](Cc2ccc(C(=O)O)cc2)CC3(C)C)O1. The predicted molar refractivity (Wildman–Crippen MR) is 240 cm³/mol. The molecule has 17 heteroatoms. The van der Waals surface area contributed by atoms with Crippen LogP contribution in [0.1, 0.15) is 60.3 Å². The van der Waals surface area contributed by atoms with Gasteiger partial charge in [0.25, 0.3) is 30.4 Å². The largest absolute Gasteiger partial charge is 0.478 e. The molecule has 3 aliphatic rings. The van der Waals surface area contributed by atoms with Gasteiger partial charge in [-0.25, -0.2) is 9.37 Å². The first kappa shape index (κ1) is 41.8. The van der Waals surface area contributed by atoms with Crippen molar-refractivity contribution >= 4 is 86.1 Å². The first-order valence-corrected chi connectivity index (χ1v) is 24.3.